The normalized spacial score (nSPS) is 13.0. The predicted octanol–water partition coefficient (Wildman–Crippen LogP) is 34.0. The number of fused-ring (bicyclic) bond motifs is 17. The van der Waals surface area contributed by atoms with Gasteiger partial charge >= 0.3 is 0 Å². The van der Waals surface area contributed by atoms with Crippen molar-refractivity contribution in [3.63, 3.8) is 0 Å². The Kier molecular flexibility index (Phi) is 21.4. The molecule has 0 bridgehead atoms. The van der Waals surface area contributed by atoms with Crippen LogP contribution in [0.5, 0.6) is 0 Å². The van der Waals surface area contributed by atoms with Crippen LogP contribution in [-0.4, -0.2) is 44.9 Å². The summed E-state index contributed by atoms with van der Waals surface area (Å²) < 4.78 is 0. The molecule has 3 aromatic heterocycles. The third kappa shape index (κ3) is 15.5. The first kappa shape index (κ1) is 86.5. The molecular weight excluding hydrogens is 1740 g/mol. The molecule has 9 nitrogen and oxygen atoms in total. The Balaban J connectivity index is 0.000000113. The first-order valence-electron chi connectivity index (χ1n) is 49.0. The number of benzene rings is 21. The van der Waals surface area contributed by atoms with Gasteiger partial charge in [0, 0.05) is 66.3 Å². The molecule has 3 aliphatic rings. The van der Waals surface area contributed by atoms with E-state index in [-0.39, 0.29) is 16.2 Å². The van der Waals surface area contributed by atoms with Crippen LogP contribution in [0.1, 0.15) is 74.9 Å². The van der Waals surface area contributed by atoms with Gasteiger partial charge in [-0.1, -0.05) is 484 Å². The van der Waals surface area contributed by atoms with Gasteiger partial charge in [-0.25, -0.2) is 44.9 Å². The minimum absolute atomic E-state index is 0.173. The van der Waals surface area contributed by atoms with Crippen molar-refractivity contribution in [1.82, 2.24) is 44.9 Å². The summed E-state index contributed by atoms with van der Waals surface area (Å²) in [6.45, 7) is 14.0. The van der Waals surface area contributed by atoms with E-state index in [0.29, 0.717) is 52.4 Å². The number of aromatic nitrogens is 9. The lowest BCUT2D eigenvalue weighted by atomic mass is 9.79. The molecule has 0 aliphatic heterocycles. The zero-order valence-electron chi connectivity index (χ0n) is 80.0. The van der Waals surface area contributed by atoms with Crippen molar-refractivity contribution in [3.05, 3.63) is 500 Å². The molecule has 0 N–H and O–H groups in total. The third-order valence-corrected chi connectivity index (χ3v) is 29.3. The molecule has 3 heterocycles. The fourth-order valence-electron chi connectivity index (χ4n) is 22.3. The van der Waals surface area contributed by atoms with E-state index in [1.54, 1.807) is 0 Å². The van der Waals surface area contributed by atoms with Crippen molar-refractivity contribution in [2.75, 3.05) is 0 Å². The second-order valence-electron chi connectivity index (χ2n) is 39.0. The van der Waals surface area contributed by atoms with Crippen LogP contribution >= 0.6 is 0 Å². The molecule has 3 aliphatic carbocycles. The lowest BCUT2D eigenvalue weighted by Crippen LogP contribution is -2.15. The van der Waals surface area contributed by atoms with Crippen LogP contribution in [0.4, 0.5) is 0 Å². The summed E-state index contributed by atoms with van der Waals surface area (Å²) in [5.41, 5.74) is 32.9. The summed E-state index contributed by atoms with van der Waals surface area (Å²) in [5, 5.41) is 12.5. The van der Waals surface area contributed by atoms with Gasteiger partial charge in [-0.2, -0.15) is 0 Å². The van der Waals surface area contributed by atoms with Crippen molar-refractivity contribution in [2.45, 2.75) is 57.8 Å². The molecule has 0 saturated carbocycles. The molecule has 143 heavy (non-hydrogen) atoms. The molecule has 676 valence electrons. The number of rotatable bonds is 13. The minimum atomic E-state index is -0.221. The summed E-state index contributed by atoms with van der Waals surface area (Å²) in [4.78, 5) is 46.3. The van der Waals surface area contributed by atoms with Gasteiger partial charge in [0.25, 0.3) is 0 Å². The molecule has 24 aromatic rings. The molecule has 0 fully saturated rings. The molecule has 9 heteroatoms. The summed E-state index contributed by atoms with van der Waals surface area (Å²) >= 11 is 0. The Morgan fingerprint density at radius 2 is 0.378 bits per heavy atom. The highest BCUT2D eigenvalue weighted by Crippen LogP contribution is 2.58. The van der Waals surface area contributed by atoms with Gasteiger partial charge in [0.15, 0.2) is 52.4 Å². The van der Waals surface area contributed by atoms with Gasteiger partial charge in [-0.15, -0.1) is 0 Å². The van der Waals surface area contributed by atoms with Crippen LogP contribution in [0.15, 0.2) is 467 Å². The van der Waals surface area contributed by atoms with Crippen molar-refractivity contribution in [3.8, 4) is 180 Å². The smallest absolute Gasteiger partial charge is 0.164 e. The highest BCUT2D eigenvalue weighted by Gasteiger charge is 2.43. The summed E-state index contributed by atoms with van der Waals surface area (Å²) in [7, 11) is 0. The van der Waals surface area contributed by atoms with Crippen LogP contribution in [-0.2, 0) is 16.2 Å². The van der Waals surface area contributed by atoms with Gasteiger partial charge in [0.05, 0.1) is 0 Å². The van der Waals surface area contributed by atoms with Crippen molar-refractivity contribution < 1.29 is 0 Å². The lowest BCUT2D eigenvalue weighted by Gasteiger charge is -2.23. The molecule has 21 aromatic carbocycles. The SMILES string of the molecule is CC1(C)c2cccc(-c3nc(-c4ccccc4)nc(-c4ccc(-c5ccccc5)cc4)n3)c2-c2ccc3ccc(-c4ccccc4)cc3c21.CC1(C)c2cccc(-c3nc(-c4ccccc4)nc(-c4cccc(-c5ccc6ccccc6c5)c4)n3)c2-c2ccc3ccccc3c21.CC1(C)c2cccc(-c3nc(-c4ccccc4)nc(-c4cccc(-c5cccc6ccccc56)c4)n3)c2-c2ccc3ccccc3c21. The fourth-order valence-corrected chi connectivity index (χ4v) is 22.3. The predicted molar refractivity (Wildman–Crippen MR) is 590 cm³/mol. The average molecular weight is 1830 g/mol. The van der Waals surface area contributed by atoms with E-state index in [4.69, 9.17) is 44.9 Å². The van der Waals surface area contributed by atoms with Gasteiger partial charge in [-0.05, 0) is 189 Å². The Morgan fingerprint density at radius 3 is 0.818 bits per heavy atom. The van der Waals surface area contributed by atoms with E-state index in [2.05, 4.69) is 448 Å². The van der Waals surface area contributed by atoms with E-state index in [0.717, 1.165) is 72.3 Å². The highest BCUT2D eigenvalue weighted by molar-refractivity contribution is 6.06. The standard InChI is InChI=1S/C46H33N3.2C44H31N3/c1-46(2)40-20-12-19-38(41(40)37-28-27-33-23-26-36(29-39(33)42(37)46)31-15-8-4-9-16-31)45-48-43(34-17-10-5-11-18-34)47-44(49-45)35-24-21-32(22-25-35)30-13-6-3-7-14-30;1-44(2)38-24-12-23-37(39(38)36-26-25-29-14-7-9-21-35(29)40(36)44)43-46-41(30-15-4-3-5-16-30)45-42(47-43)32-19-10-18-31(27-32)34-22-11-17-28-13-6-8-20-33(28)34;1-44(2)38-21-11-20-37(39(38)36-25-24-29-13-8-9-19-35(29)40(36)44)43-46-41(30-14-4-3-5-15-30)45-42(47-43)34-18-10-17-32(27-34)33-23-22-28-12-6-7-16-31(28)26-33/h3-29H,1-2H3;2*3-27H,1-2H3. The van der Waals surface area contributed by atoms with Gasteiger partial charge in [0.1, 0.15) is 0 Å². The fraction of sp³-hybridized carbons (Fsp3) is 0.0672. The number of hydrogen-bond donors (Lipinski definition) is 0. The van der Waals surface area contributed by atoms with Crippen molar-refractivity contribution in [2.24, 2.45) is 0 Å². The first-order valence-corrected chi connectivity index (χ1v) is 49.0. The highest BCUT2D eigenvalue weighted by atomic mass is 15.1. The number of nitrogens with zero attached hydrogens (tertiary/aromatic N) is 9. The molecule has 0 unspecified atom stereocenters. The molecule has 0 amide bonds. The van der Waals surface area contributed by atoms with Gasteiger partial charge in [0.2, 0.25) is 0 Å². The average Bonchev–Trinajstić information content (AvgIpc) is 1.57. The van der Waals surface area contributed by atoms with E-state index in [1.807, 2.05) is 60.7 Å². The minimum Gasteiger partial charge on any atom is -0.208 e. The maximum absolute atomic E-state index is 5.23. The van der Waals surface area contributed by atoms with Gasteiger partial charge in [-0.3, -0.25) is 0 Å². The van der Waals surface area contributed by atoms with Gasteiger partial charge < -0.3 is 0 Å². The molecule has 0 saturated heterocycles. The summed E-state index contributed by atoms with van der Waals surface area (Å²) in [5.74, 6) is 5.99. The Labute approximate surface area is 831 Å². The van der Waals surface area contributed by atoms with Crippen LogP contribution in [0, 0.1) is 0 Å². The van der Waals surface area contributed by atoms with E-state index in [1.165, 1.54) is 143 Å². The molecule has 0 atom stereocenters. The van der Waals surface area contributed by atoms with Crippen LogP contribution in [0.3, 0.4) is 0 Å². The monoisotopic (exact) mass is 1830 g/mol. The second-order valence-corrected chi connectivity index (χ2v) is 39.0. The summed E-state index contributed by atoms with van der Waals surface area (Å²) in [6.07, 6.45) is 0. The molecule has 27 rings (SSSR count). The lowest BCUT2D eigenvalue weighted by molar-refractivity contribution is 0.666. The third-order valence-electron chi connectivity index (χ3n) is 29.3. The Hall–Kier alpha value is -18.1. The van der Waals surface area contributed by atoms with Crippen molar-refractivity contribution >= 4 is 53.9 Å². The maximum atomic E-state index is 5.23. The summed E-state index contributed by atoms with van der Waals surface area (Å²) in [6, 6.07) is 165. The first-order chi connectivity index (χ1) is 70.1. The zero-order chi connectivity index (χ0) is 96.0. The van der Waals surface area contributed by atoms with Crippen LogP contribution < -0.4 is 0 Å². The Bertz CT molecular complexity index is 9140. The molecule has 0 radical (unpaired) electrons. The molecule has 0 spiro atoms. The maximum Gasteiger partial charge on any atom is 0.164 e. The Morgan fingerprint density at radius 1 is 0.133 bits per heavy atom. The van der Waals surface area contributed by atoms with Crippen LogP contribution in [0.2, 0.25) is 0 Å². The quantitative estimate of drug-likeness (QED) is 0.111. The van der Waals surface area contributed by atoms with E-state index in [9.17, 15) is 0 Å². The van der Waals surface area contributed by atoms with Crippen molar-refractivity contribution in [1.29, 1.82) is 0 Å². The second kappa shape index (κ2) is 35.4. The van der Waals surface area contributed by atoms with Crippen LogP contribution in [0.25, 0.3) is 234 Å². The number of hydrogen-bond acceptors (Lipinski definition) is 9. The molecular formula is C134H95N9. The topological polar surface area (TPSA) is 116 Å². The van der Waals surface area contributed by atoms with E-state index >= 15 is 0 Å². The largest absolute Gasteiger partial charge is 0.208 e. The van der Waals surface area contributed by atoms with E-state index < -0.39 is 0 Å². The zero-order valence-corrected chi connectivity index (χ0v) is 80.0.